The van der Waals surface area contributed by atoms with Crippen molar-refractivity contribution in [1.29, 1.82) is 0 Å². The van der Waals surface area contributed by atoms with Crippen LogP contribution in [0.4, 0.5) is 0 Å². The van der Waals surface area contributed by atoms with Gasteiger partial charge in [0.2, 0.25) is 0 Å². The lowest BCUT2D eigenvalue weighted by molar-refractivity contribution is -0.128. The van der Waals surface area contributed by atoms with E-state index in [2.05, 4.69) is 17.4 Å². The fourth-order valence-corrected chi connectivity index (χ4v) is 6.91. The summed E-state index contributed by atoms with van der Waals surface area (Å²) in [5, 5.41) is 7.06. The Hall–Kier alpha value is -2.83. The van der Waals surface area contributed by atoms with E-state index in [0.29, 0.717) is 17.9 Å². The maximum atomic E-state index is 12.6. The molecule has 4 aliphatic carbocycles. The highest BCUT2D eigenvalue weighted by molar-refractivity contribution is 5.91. The summed E-state index contributed by atoms with van der Waals surface area (Å²) in [6, 6.07) is 6.82. The van der Waals surface area contributed by atoms with E-state index in [4.69, 9.17) is 14.0 Å². The van der Waals surface area contributed by atoms with Gasteiger partial charge in [-0.05, 0) is 107 Å². The van der Waals surface area contributed by atoms with Gasteiger partial charge >= 0.3 is 5.97 Å². The summed E-state index contributed by atoms with van der Waals surface area (Å²) in [6.45, 7) is 5.92. The van der Waals surface area contributed by atoms with Crippen molar-refractivity contribution < 1.29 is 23.6 Å². The molecule has 34 heavy (non-hydrogen) atoms. The number of hydrogen-bond acceptors (Lipinski definition) is 6. The molecule has 1 aromatic carbocycles. The zero-order valence-corrected chi connectivity index (χ0v) is 20.3. The summed E-state index contributed by atoms with van der Waals surface area (Å²) in [6.07, 6.45) is 7.81. The van der Waals surface area contributed by atoms with Crippen LogP contribution in [0.2, 0.25) is 0 Å². The lowest BCUT2D eigenvalue weighted by Gasteiger charge is -2.59. The number of ether oxygens (including phenoxy) is 2. The van der Waals surface area contributed by atoms with Gasteiger partial charge in [0.25, 0.3) is 5.91 Å². The average molecular weight is 467 g/mol. The second-order valence-electron chi connectivity index (χ2n) is 10.8. The van der Waals surface area contributed by atoms with Crippen molar-refractivity contribution in [2.24, 2.45) is 23.2 Å². The highest BCUT2D eigenvalue weighted by Gasteiger charge is 2.53. The normalized spacial score (nSPS) is 27.9. The molecular formula is C27H34N2O5. The molecule has 4 bridgehead atoms. The average Bonchev–Trinajstić information content (AvgIpc) is 3.12. The Bertz CT molecular complexity index is 1000. The lowest BCUT2D eigenvalue weighted by atomic mass is 9.48. The highest BCUT2D eigenvalue weighted by Crippen LogP contribution is 2.61. The molecule has 182 valence electrons. The quantitative estimate of drug-likeness (QED) is 0.565. The molecule has 1 aromatic heterocycles. The number of benzene rings is 1. The number of rotatable bonds is 8. The monoisotopic (exact) mass is 466 g/mol. The van der Waals surface area contributed by atoms with E-state index in [-0.39, 0.29) is 24.0 Å². The van der Waals surface area contributed by atoms with Crippen LogP contribution in [0.15, 0.2) is 28.8 Å². The fourth-order valence-electron chi connectivity index (χ4n) is 6.91. The maximum absolute atomic E-state index is 12.6. The molecule has 1 heterocycles. The standard InChI is InChI=1S/C27H34N2O5/c1-16-24(17(2)34-29-16)14-32-23-6-4-22(5-7-23)26(31)33-15-25(30)28-18(3)27-11-19-8-20(12-27)10-21(9-19)13-27/h4-7,18-21H,8-15H2,1-3H3,(H,28,30). The summed E-state index contributed by atoms with van der Waals surface area (Å²) in [5.41, 5.74) is 2.32. The van der Waals surface area contributed by atoms with Crippen LogP contribution in [0.25, 0.3) is 0 Å². The Morgan fingerprint density at radius 3 is 2.26 bits per heavy atom. The third-order valence-electron chi connectivity index (χ3n) is 8.37. The minimum Gasteiger partial charge on any atom is -0.489 e. The van der Waals surface area contributed by atoms with E-state index in [1.54, 1.807) is 24.3 Å². The Kier molecular flexibility index (Phi) is 6.13. The third-order valence-corrected chi connectivity index (χ3v) is 8.37. The van der Waals surface area contributed by atoms with Crippen molar-refractivity contribution in [3.63, 3.8) is 0 Å². The Morgan fingerprint density at radius 1 is 1.09 bits per heavy atom. The van der Waals surface area contributed by atoms with E-state index in [0.717, 1.165) is 34.8 Å². The van der Waals surface area contributed by atoms with Gasteiger partial charge in [0.1, 0.15) is 18.1 Å². The van der Waals surface area contributed by atoms with Crippen LogP contribution < -0.4 is 10.1 Å². The molecule has 1 amide bonds. The van der Waals surface area contributed by atoms with Crippen molar-refractivity contribution >= 4 is 11.9 Å². The molecule has 4 saturated carbocycles. The van der Waals surface area contributed by atoms with Gasteiger partial charge in [-0.2, -0.15) is 0 Å². The fraction of sp³-hybridized carbons (Fsp3) is 0.593. The van der Waals surface area contributed by atoms with Crippen LogP contribution in [-0.2, 0) is 16.1 Å². The topological polar surface area (TPSA) is 90.7 Å². The Morgan fingerprint density at radius 2 is 1.71 bits per heavy atom. The smallest absolute Gasteiger partial charge is 0.338 e. The van der Waals surface area contributed by atoms with E-state index in [1.807, 2.05) is 13.8 Å². The lowest BCUT2D eigenvalue weighted by Crippen LogP contribution is -2.56. The number of carbonyl (C=O) groups is 2. The van der Waals surface area contributed by atoms with Crippen LogP contribution in [-0.4, -0.2) is 29.7 Å². The molecule has 7 nitrogen and oxygen atoms in total. The van der Waals surface area contributed by atoms with Gasteiger partial charge in [0.15, 0.2) is 6.61 Å². The van der Waals surface area contributed by atoms with E-state index < -0.39 is 5.97 Å². The predicted molar refractivity (Wildman–Crippen MR) is 125 cm³/mol. The van der Waals surface area contributed by atoms with Gasteiger partial charge < -0.3 is 19.3 Å². The molecule has 4 fully saturated rings. The van der Waals surface area contributed by atoms with Crippen molar-refractivity contribution in [2.75, 3.05) is 6.61 Å². The number of nitrogens with one attached hydrogen (secondary N) is 1. The molecule has 4 aliphatic rings. The molecule has 2 aromatic rings. The van der Waals surface area contributed by atoms with E-state index in [9.17, 15) is 9.59 Å². The summed E-state index contributed by atoms with van der Waals surface area (Å²) in [7, 11) is 0. The Balaban J connectivity index is 1.09. The van der Waals surface area contributed by atoms with Crippen molar-refractivity contribution in [2.45, 2.75) is 71.9 Å². The first-order valence-electron chi connectivity index (χ1n) is 12.4. The number of carbonyl (C=O) groups excluding carboxylic acids is 2. The zero-order chi connectivity index (χ0) is 23.9. The summed E-state index contributed by atoms with van der Waals surface area (Å²) < 4.78 is 16.2. The molecule has 6 rings (SSSR count). The number of amides is 1. The largest absolute Gasteiger partial charge is 0.489 e. The SMILES string of the molecule is Cc1noc(C)c1COc1ccc(C(=O)OCC(=O)NC(C)C23CC4CC(CC(C4)C2)C3)cc1. The molecule has 0 radical (unpaired) electrons. The first-order valence-corrected chi connectivity index (χ1v) is 12.4. The minimum absolute atomic E-state index is 0.112. The maximum Gasteiger partial charge on any atom is 0.338 e. The number of esters is 1. The summed E-state index contributed by atoms with van der Waals surface area (Å²) >= 11 is 0. The van der Waals surface area contributed by atoms with Crippen LogP contribution in [0.3, 0.4) is 0 Å². The number of nitrogens with zero attached hydrogens (tertiary/aromatic N) is 1. The zero-order valence-electron chi connectivity index (χ0n) is 20.3. The molecule has 0 saturated heterocycles. The van der Waals surface area contributed by atoms with Crippen molar-refractivity contribution in [3.05, 3.63) is 46.8 Å². The molecule has 1 unspecified atom stereocenters. The van der Waals surface area contributed by atoms with Crippen LogP contribution in [0.1, 0.15) is 72.8 Å². The van der Waals surface area contributed by atoms with Gasteiger partial charge in [-0.15, -0.1) is 0 Å². The molecule has 0 aliphatic heterocycles. The summed E-state index contributed by atoms with van der Waals surface area (Å²) in [4.78, 5) is 25.0. The van der Waals surface area contributed by atoms with Gasteiger partial charge in [0, 0.05) is 6.04 Å². The van der Waals surface area contributed by atoms with Crippen LogP contribution >= 0.6 is 0 Å². The van der Waals surface area contributed by atoms with Gasteiger partial charge in [-0.1, -0.05) is 5.16 Å². The Labute approximate surface area is 200 Å². The van der Waals surface area contributed by atoms with Gasteiger partial charge in [-0.25, -0.2) is 4.79 Å². The van der Waals surface area contributed by atoms with E-state index >= 15 is 0 Å². The minimum atomic E-state index is -0.519. The second-order valence-corrected chi connectivity index (χ2v) is 10.8. The van der Waals surface area contributed by atoms with Crippen molar-refractivity contribution in [3.8, 4) is 5.75 Å². The van der Waals surface area contributed by atoms with Crippen molar-refractivity contribution in [1.82, 2.24) is 10.5 Å². The van der Waals surface area contributed by atoms with Crippen LogP contribution in [0.5, 0.6) is 5.75 Å². The molecule has 0 spiro atoms. The number of aromatic nitrogens is 1. The number of hydrogen-bond donors (Lipinski definition) is 1. The van der Waals surface area contributed by atoms with E-state index in [1.165, 1.54) is 38.5 Å². The molecule has 1 atom stereocenters. The first kappa shape index (κ1) is 22.9. The molecular weight excluding hydrogens is 432 g/mol. The molecule has 1 N–H and O–H groups in total. The molecule has 7 heteroatoms. The number of aryl methyl sites for hydroxylation is 2. The first-order chi connectivity index (χ1) is 16.3. The highest BCUT2D eigenvalue weighted by atomic mass is 16.5. The predicted octanol–water partition coefficient (Wildman–Crippen LogP) is 4.75. The third kappa shape index (κ3) is 4.57. The summed E-state index contributed by atoms with van der Waals surface area (Å²) in [5.74, 6) is 3.11. The van der Waals surface area contributed by atoms with Gasteiger partial charge in [0.05, 0.1) is 16.8 Å². The second kappa shape index (κ2) is 9.08. The van der Waals surface area contributed by atoms with Crippen LogP contribution in [0, 0.1) is 37.0 Å². The van der Waals surface area contributed by atoms with Gasteiger partial charge in [-0.3, -0.25) is 4.79 Å².